The Morgan fingerprint density at radius 3 is 2.83 bits per heavy atom. The van der Waals surface area contributed by atoms with E-state index in [-0.39, 0.29) is 5.82 Å². The molecule has 1 N–H and O–H groups in total. The lowest BCUT2D eigenvalue weighted by molar-refractivity contribution is -0.142. The third-order valence-corrected chi connectivity index (χ3v) is 2.68. The maximum atomic E-state index is 13.0. The van der Waals surface area contributed by atoms with Gasteiger partial charge in [-0.3, -0.25) is 4.79 Å². The normalized spacial score (nSPS) is 12.3. The minimum Gasteiger partial charge on any atom is -0.481 e. The third-order valence-electron chi connectivity index (χ3n) is 2.68. The minimum atomic E-state index is -0.862. The summed E-state index contributed by atoms with van der Waals surface area (Å²) in [6, 6.07) is 6.07. The summed E-state index contributed by atoms with van der Waals surface area (Å²) < 4.78 is 18.3. The van der Waals surface area contributed by atoms with Crippen LogP contribution < -0.4 is 0 Å². The molecular weight excluding hydrogens is 235 g/mol. The molecule has 1 aromatic carbocycles. The highest BCUT2D eigenvalue weighted by Crippen LogP contribution is 2.14. The van der Waals surface area contributed by atoms with E-state index in [9.17, 15) is 9.18 Å². The van der Waals surface area contributed by atoms with Crippen LogP contribution in [0, 0.1) is 11.7 Å². The summed E-state index contributed by atoms with van der Waals surface area (Å²) in [6.45, 7) is 3.08. The zero-order chi connectivity index (χ0) is 13.4. The van der Waals surface area contributed by atoms with Gasteiger partial charge in [0, 0.05) is 13.2 Å². The number of rotatable bonds is 8. The first-order valence-corrected chi connectivity index (χ1v) is 6.18. The van der Waals surface area contributed by atoms with Crippen molar-refractivity contribution in [2.45, 2.75) is 26.2 Å². The van der Waals surface area contributed by atoms with Gasteiger partial charge in [-0.2, -0.15) is 0 Å². The summed E-state index contributed by atoms with van der Waals surface area (Å²) in [5, 5.41) is 9.11. The SMILES string of the molecule is CCCOCCC(Cc1cccc(F)c1)C(=O)O. The second kappa shape index (κ2) is 7.82. The van der Waals surface area contributed by atoms with Crippen LogP contribution in [0.15, 0.2) is 24.3 Å². The average Bonchev–Trinajstić information content (AvgIpc) is 2.33. The van der Waals surface area contributed by atoms with Gasteiger partial charge in [-0.1, -0.05) is 19.1 Å². The monoisotopic (exact) mass is 254 g/mol. The Bertz CT molecular complexity index is 379. The molecule has 3 nitrogen and oxygen atoms in total. The molecule has 0 bridgehead atoms. The number of benzene rings is 1. The highest BCUT2D eigenvalue weighted by molar-refractivity contribution is 5.70. The van der Waals surface area contributed by atoms with Gasteiger partial charge in [0.1, 0.15) is 5.82 Å². The van der Waals surface area contributed by atoms with Gasteiger partial charge in [0.15, 0.2) is 0 Å². The van der Waals surface area contributed by atoms with Gasteiger partial charge >= 0.3 is 5.97 Å². The maximum Gasteiger partial charge on any atom is 0.306 e. The molecule has 0 spiro atoms. The number of aliphatic carboxylic acids is 1. The van der Waals surface area contributed by atoms with Crippen molar-refractivity contribution < 1.29 is 19.0 Å². The Labute approximate surface area is 107 Å². The van der Waals surface area contributed by atoms with Crippen molar-refractivity contribution in [3.63, 3.8) is 0 Å². The van der Waals surface area contributed by atoms with E-state index in [1.165, 1.54) is 12.1 Å². The van der Waals surface area contributed by atoms with E-state index in [1.54, 1.807) is 12.1 Å². The van der Waals surface area contributed by atoms with Crippen LogP contribution in [-0.4, -0.2) is 24.3 Å². The van der Waals surface area contributed by atoms with E-state index in [0.29, 0.717) is 31.6 Å². The molecule has 0 saturated heterocycles. The lowest BCUT2D eigenvalue weighted by atomic mass is 9.96. The summed E-state index contributed by atoms with van der Waals surface area (Å²) in [5.41, 5.74) is 0.706. The van der Waals surface area contributed by atoms with Crippen molar-refractivity contribution in [1.82, 2.24) is 0 Å². The van der Waals surface area contributed by atoms with Crippen molar-refractivity contribution in [3.8, 4) is 0 Å². The summed E-state index contributed by atoms with van der Waals surface area (Å²) in [6.07, 6.45) is 1.70. The molecule has 0 aliphatic heterocycles. The molecule has 0 aliphatic carbocycles. The van der Waals surface area contributed by atoms with Crippen molar-refractivity contribution in [1.29, 1.82) is 0 Å². The van der Waals surface area contributed by atoms with Gasteiger partial charge < -0.3 is 9.84 Å². The topological polar surface area (TPSA) is 46.5 Å². The van der Waals surface area contributed by atoms with Gasteiger partial charge in [0.2, 0.25) is 0 Å². The number of carboxylic acid groups (broad SMARTS) is 1. The summed E-state index contributed by atoms with van der Waals surface area (Å²) >= 11 is 0. The van der Waals surface area contributed by atoms with Crippen LogP contribution in [0.1, 0.15) is 25.3 Å². The lowest BCUT2D eigenvalue weighted by Gasteiger charge is -2.12. The number of hydrogen-bond donors (Lipinski definition) is 1. The van der Waals surface area contributed by atoms with Crippen LogP contribution in [0.4, 0.5) is 4.39 Å². The molecule has 18 heavy (non-hydrogen) atoms. The van der Waals surface area contributed by atoms with Crippen molar-refractivity contribution in [2.75, 3.05) is 13.2 Å². The molecule has 0 heterocycles. The number of hydrogen-bond acceptors (Lipinski definition) is 2. The highest BCUT2D eigenvalue weighted by Gasteiger charge is 2.17. The molecule has 100 valence electrons. The molecule has 0 aliphatic rings. The Hall–Kier alpha value is -1.42. The first-order valence-electron chi connectivity index (χ1n) is 6.18. The Balaban J connectivity index is 2.50. The fraction of sp³-hybridized carbons (Fsp3) is 0.500. The van der Waals surface area contributed by atoms with Gasteiger partial charge in [-0.25, -0.2) is 4.39 Å². The average molecular weight is 254 g/mol. The zero-order valence-electron chi connectivity index (χ0n) is 10.6. The smallest absolute Gasteiger partial charge is 0.306 e. The maximum absolute atomic E-state index is 13.0. The van der Waals surface area contributed by atoms with Crippen LogP contribution in [0.5, 0.6) is 0 Å². The van der Waals surface area contributed by atoms with E-state index in [1.807, 2.05) is 6.92 Å². The van der Waals surface area contributed by atoms with Gasteiger partial charge in [-0.15, -0.1) is 0 Å². The van der Waals surface area contributed by atoms with Crippen molar-refractivity contribution >= 4 is 5.97 Å². The molecule has 0 fully saturated rings. The van der Waals surface area contributed by atoms with Crippen LogP contribution in [0.3, 0.4) is 0 Å². The predicted octanol–water partition coefficient (Wildman–Crippen LogP) is 2.89. The second-order valence-corrected chi connectivity index (χ2v) is 4.27. The fourth-order valence-corrected chi connectivity index (χ4v) is 1.73. The van der Waals surface area contributed by atoms with E-state index in [2.05, 4.69) is 0 Å². The van der Waals surface area contributed by atoms with Crippen LogP contribution in [0.25, 0.3) is 0 Å². The molecular formula is C14H19FO3. The van der Waals surface area contributed by atoms with Crippen LogP contribution in [0.2, 0.25) is 0 Å². The van der Waals surface area contributed by atoms with Gasteiger partial charge in [-0.05, 0) is 37.0 Å². The summed E-state index contributed by atoms with van der Waals surface area (Å²) in [7, 11) is 0. The molecule has 0 amide bonds. The molecule has 1 aromatic rings. The zero-order valence-corrected chi connectivity index (χ0v) is 10.6. The first-order chi connectivity index (χ1) is 8.63. The van der Waals surface area contributed by atoms with Gasteiger partial charge in [0.05, 0.1) is 5.92 Å². The largest absolute Gasteiger partial charge is 0.481 e. The Kier molecular flexibility index (Phi) is 6.36. The van der Waals surface area contributed by atoms with E-state index >= 15 is 0 Å². The number of carbonyl (C=O) groups is 1. The van der Waals surface area contributed by atoms with Crippen molar-refractivity contribution in [3.05, 3.63) is 35.6 Å². The van der Waals surface area contributed by atoms with Gasteiger partial charge in [0.25, 0.3) is 0 Å². The third kappa shape index (κ3) is 5.27. The molecule has 0 saturated carbocycles. The van der Waals surface area contributed by atoms with E-state index in [0.717, 1.165) is 6.42 Å². The van der Waals surface area contributed by atoms with Crippen LogP contribution >= 0.6 is 0 Å². The number of halogens is 1. The molecule has 4 heteroatoms. The molecule has 0 radical (unpaired) electrons. The Morgan fingerprint density at radius 2 is 2.22 bits per heavy atom. The van der Waals surface area contributed by atoms with E-state index < -0.39 is 11.9 Å². The predicted molar refractivity (Wildman–Crippen MR) is 67.0 cm³/mol. The fourth-order valence-electron chi connectivity index (χ4n) is 1.73. The summed E-state index contributed by atoms with van der Waals surface area (Å²) in [4.78, 5) is 11.1. The summed E-state index contributed by atoms with van der Waals surface area (Å²) in [5.74, 6) is -1.72. The quantitative estimate of drug-likeness (QED) is 0.725. The number of ether oxygens (including phenoxy) is 1. The van der Waals surface area contributed by atoms with Crippen molar-refractivity contribution in [2.24, 2.45) is 5.92 Å². The van der Waals surface area contributed by atoms with E-state index in [4.69, 9.17) is 9.84 Å². The minimum absolute atomic E-state index is 0.334. The molecule has 1 atom stereocenters. The second-order valence-electron chi connectivity index (χ2n) is 4.27. The highest BCUT2D eigenvalue weighted by atomic mass is 19.1. The Morgan fingerprint density at radius 1 is 1.44 bits per heavy atom. The first kappa shape index (κ1) is 14.6. The number of carboxylic acids is 1. The molecule has 1 unspecified atom stereocenters. The lowest BCUT2D eigenvalue weighted by Crippen LogP contribution is -2.18. The standard InChI is InChI=1S/C14H19FO3/c1-2-7-18-8-6-12(14(16)17)9-11-4-3-5-13(15)10-11/h3-5,10,12H,2,6-9H2,1H3,(H,16,17). The molecule has 0 aromatic heterocycles. The molecule has 1 rings (SSSR count). The van der Waals surface area contributed by atoms with Crippen LogP contribution in [-0.2, 0) is 16.0 Å².